The first kappa shape index (κ1) is 22.0. The van der Waals surface area contributed by atoms with Crippen LogP contribution < -0.4 is 10.1 Å². The molecule has 0 radical (unpaired) electrons. The van der Waals surface area contributed by atoms with Crippen LogP contribution in [0, 0.1) is 5.92 Å². The number of hydrogen-bond donors (Lipinski definition) is 2. The maximum atomic E-state index is 12.7. The lowest BCUT2D eigenvalue weighted by Crippen LogP contribution is -2.21. The molecule has 166 valence electrons. The summed E-state index contributed by atoms with van der Waals surface area (Å²) in [5.74, 6) is 1.39. The van der Waals surface area contributed by atoms with E-state index in [1.54, 1.807) is 13.3 Å². The number of carbonyl (C=O) groups excluding carboxylic acids is 1. The fourth-order valence-electron chi connectivity index (χ4n) is 4.22. The van der Waals surface area contributed by atoms with Crippen molar-refractivity contribution in [3.05, 3.63) is 72.1 Å². The van der Waals surface area contributed by atoms with E-state index in [0.717, 1.165) is 24.2 Å². The van der Waals surface area contributed by atoms with Crippen molar-refractivity contribution in [2.24, 2.45) is 5.92 Å². The number of aliphatic hydroxyl groups excluding tert-OH is 1. The second-order valence-corrected chi connectivity index (χ2v) is 8.29. The second kappa shape index (κ2) is 10.4. The van der Waals surface area contributed by atoms with E-state index in [9.17, 15) is 9.90 Å². The Kier molecular flexibility index (Phi) is 7.12. The Hall–Kier alpha value is -3.25. The smallest absolute Gasteiger partial charge is 0.225 e. The molecule has 1 aliphatic carbocycles. The fraction of sp³-hybridized carbons (Fsp3) is 0.346. The van der Waals surface area contributed by atoms with E-state index < -0.39 is 6.10 Å². The molecule has 0 saturated heterocycles. The molecule has 6 heteroatoms. The summed E-state index contributed by atoms with van der Waals surface area (Å²) in [6.45, 7) is 0. The molecule has 0 spiro atoms. The molecule has 0 aliphatic heterocycles. The highest BCUT2D eigenvalue weighted by atomic mass is 16.5. The average Bonchev–Trinajstić information content (AvgIpc) is 2.85. The van der Waals surface area contributed by atoms with Crippen molar-refractivity contribution in [2.45, 2.75) is 44.6 Å². The number of methoxy groups -OCH3 is 1. The fourth-order valence-corrected chi connectivity index (χ4v) is 4.22. The highest BCUT2D eigenvalue weighted by Crippen LogP contribution is 2.30. The Bertz CT molecular complexity index is 1030. The molecule has 3 aromatic rings. The number of ether oxygens (including phenoxy) is 1. The van der Waals surface area contributed by atoms with Crippen molar-refractivity contribution in [2.75, 3.05) is 12.4 Å². The average molecular weight is 432 g/mol. The van der Waals surface area contributed by atoms with Crippen molar-refractivity contribution in [1.29, 1.82) is 0 Å². The number of anilines is 1. The number of nitrogens with one attached hydrogen (secondary N) is 1. The van der Waals surface area contributed by atoms with Crippen LogP contribution in [0.5, 0.6) is 5.75 Å². The molecule has 1 saturated carbocycles. The molecule has 0 bridgehead atoms. The zero-order chi connectivity index (χ0) is 22.3. The third-order valence-electron chi connectivity index (χ3n) is 6.02. The lowest BCUT2D eigenvalue weighted by molar-refractivity contribution is -0.117. The minimum absolute atomic E-state index is 0.0788. The van der Waals surface area contributed by atoms with Crippen molar-refractivity contribution in [3.63, 3.8) is 0 Å². The SMILES string of the molecule is COc1ccc(-c2cnc(NC(=O)CC3CCCCC3)c(C(O)c3ccccc3)n2)cc1. The molecule has 1 amide bonds. The first-order chi connectivity index (χ1) is 15.6. The van der Waals surface area contributed by atoms with E-state index in [0.29, 0.717) is 35.1 Å². The van der Waals surface area contributed by atoms with Gasteiger partial charge in [0, 0.05) is 12.0 Å². The molecule has 1 fully saturated rings. The normalized spacial score (nSPS) is 15.2. The monoisotopic (exact) mass is 431 g/mol. The van der Waals surface area contributed by atoms with Crippen LogP contribution in [0.2, 0.25) is 0 Å². The van der Waals surface area contributed by atoms with E-state index in [2.05, 4.69) is 10.3 Å². The molecule has 6 nitrogen and oxygen atoms in total. The molecule has 32 heavy (non-hydrogen) atoms. The molecule has 2 N–H and O–H groups in total. The largest absolute Gasteiger partial charge is 0.497 e. The second-order valence-electron chi connectivity index (χ2n) is 8.29. The first-order valence-corrected chi connectivity index (χ1v) is 11.2. The third kappa shape index (κ3) is 5.32. The molecule has 1 aliphatic rings. The van der Waals surface area contributed by atoms with Crippen LogP contribution in [0.15, 0.2) is 60.8 Å². The third-order valence-corrected chi connectivity index (χ3v) is 6.02. The van der Waals surface area contributed by atoms with Crippen LogP contribution >= 0.6 is 0 Å². The van der Waals surface area contributed by atoms with Gasteiger partial charge in [-0.25, -0.2) is 9.97 Å². The van der Waals surface area contributed by atoms with Crippen molar-refractivity contribution in [3.8, 4) is 17.0 Å². The minimum atomic E-state index is -1.01. The predicted octanol–water partition coefficient (Wildman–Crippen LogP) is 5.14. The molecule has 4 rings (SSSR count). The van der Waals surface area contributed by atoms with Crippen LogP contribution in [0.1, 0.15) is 55.9 Å². The van der Waals surface area contributed by atoms with Gasteiger partial charge in [0.2, 0.25) is 5.91 Å². The molecule has 1 atom stereocenters. The Labute approximate surface area is 188 Å². The molecular weight excluding hydrogens is 402 g/mol. The Balaban J connectivity index is 1.62. The van der Waals surface area contributed by atoms with Gasteiger partial charge in [-0.2, -0.15) is 0 Å². The lowest BCUT2D eigenvalue weighted by Gasteiger charge is -2.21. The van der Waals surface area contributed by atoms with E-state index in [1.807, 2.05) is 54.6 Å². The van der Waals surface area contributed by atoms with Gasteiger partial charge < -0.3 is 15.2 Å². The zero-order valence-corrected chi connectivity index (χ0v) is 18.3. The molecule has 2 aromatic carbocycles. The number of aromatic nitrogens is 2. The standard InChI is InChI=1S/C26H29N3O3/c1-32-21-14-12-19(13-15-21)22-17-27-26(29-23(30)16-18-8-4-2-5-9-18)24(28-22)25(31)20-10-6-3-7-11-20/h3,6-7,10-15,17-18,25,31H,2,4-5,8-9,16H2,1H3,(H,27,29,30). The summed E-state index contributed by atoms with van der Waals surface area (Å²) >= 11 is 0. The van der Waals surface area contributed by atoms with Crippen molar-refractivity contribution in [1.82, 2.24) is 9.97 Å². The summed E-state index contributed by atoms with van der Waals surface area (Å²) in [5, 5.41) is 14.0. The maximum absolute atomic E-state index is 12.7. The first-order valence-electron chi connectivity index (χ1n) is 11.2. The summed E-state index contributed by atoms with van der Waals surface area (Å²) in [4.78, 5) is 21.9. The van der Waals surface area contributed by atoms with Gasteiger partial charge in [-0.15, -0.1) is 0 Å². The van der Waals surface area contributed by atoms with Gasteiger partial charge in [0.1, 0.15) is 17.5 Å². The Morgan fingerprint density at radius 2 is 1.81 bits per heavy atom. The summed E-state index contributed by atoms with van der Waals surface area (Å²) in [6, 6.07) is 16.8. The summed E-state index contributed by atoms with van der Waals surface area (Å²) in [7, 11) is 1.62. The van der Waals surface area contributed by atoms with E-state index in [4.69, 9.17) is 9.72 Å². The van der Waals surface area contributed by atoms with E-state index >= 15 is 0 Å². The van der Waals surface area contributed by atoms with Crippen LogP contribution in [0.4, 0.5) is 5.82 Å². The highest BCUT2D eigenvalue weighted by molar-refractivity contribution is 5.90. The van der Waals surface area contributed by atoms with Gasteiger partial charge in [-0.1, -0.05) is 49.6 Å². The van der Waals surface area contributed by atoms with Gasteiger partial charge in [-0.3, -0.25) is 4.79 Å². The minimum Gasteiger partial charge on any atom is -0.497 e. The van der Waals surface area contributed by atoms with Crippen molar-refractivity contribution < 1.29 is 14.6 Å². The molecule has 1 aromatic heterocycles. The quantitative estimate of drug-likeness (QED) is 0.541. The van der Waals surface area contributed by atoms with Gasteiger partial charge in [0.05, 0.1) is 19.0 Å². The highest BCUT2D eigenvalue weighted by Gasteiger charge is 2.22. The Morgan fingerprint density at radius 1 is 1.09 bits per heavy atom. The molecule has 1 heterocycles. The number of amides is 1. The van der Waals surface area contributed by atoms with E-state index in [1.165, 1.54) is 19.3 Å². The molecule has 1 unspecified atom stereocenters. The zero-order valence-electron chi connectivity index (χ0n) is 18.3. The van der Waals surface area contributed by atoms with Gasteiger partial charge in [0.25, 0.3) is 0 Å². The van der Waals surface area contributed by atoms with Crippen LogP contribution in [0.25, 0.3) is 11.3 Å². The van der Waals surface area contributed by atoms with Crippen LogP contribution in [0.3, 0.4) is 0 Å². The summed E-state index contributed by atoms with van der Waals surface area (Å²) in [6.07, 6.45) is 6.90. The van der Waals surface area contributed by atoms with Gasteiger partial charge in [-0.05, 0) is 48.6 Å². The summed E-state index contributed by atoms with van der Waals surface area (Å²) < 4.78 is 5.23. The lowest BCUT2D eigenvalue weighted by atomic mass is 9.87. The number of aliphatic hydroxyl groups is 1. The van der Waals surface area contributed by atoms with Crippen LogP contribution in [-0.4, -0.2) is 28.1 Å². The van der Waals surface area contributed by atoms with Crippen molar-refractivity contribution >= 4 is 11.7 Å². The number of carbonyl (C=O) groups is 1. The number of benzene rings is 2. The Morgan fingerprint density at radius 3 is 2.50 bits per heavy atom. The van der Waals surface area contributed by atoms with Gasteiger partial charge in [0.15, 0.2) is 5.82 Å². The number of rotatable bonds is 7. The number of nitrogens with zero attached hydrogens (tertiary/aromatic N) is 2. The molecular formula is C26H29N3O3. The predicted molar refractivity (Wildman–Crippen MR) is 124 cm³/mol. The maximum Gasteiger partial charge on any atom is 0.225 e. The topological polar surface area (TPSA) is 84.3 Å². The van der Waals surface area contributed by atoms with Gasteiger partial charge >= 0.3 is 0 Å². The number of hydrogen-bond acceptors (Lipinski definition) is 5. The van der Waals surface area contributed by atoms with E-state index in [-0.39, 0.29) is 5.91 Å². The van der Waals surface area contributed by atoms with Crippen LogP contribution in [-0.2, 0) is 4.79 Å². The summed E-state index contributed by atoms with van der Waals surface area (Å²) in [5.41, 5.74) is 2.49.